The number of allylic oxidation sites excluding steroid dienone is 4. The fourth-order valence-electron chi connectivity index (χ4n) is 1.99. The van der Waals surface area contributed by atoms with Crippen molar-refractivity contribution in [3.05, 3.63) is 60.6 Å². The molecule has 2 aliphatic rings. The van der Waals surface area contributed by atoms with Crippen LogP contribution in [0.15, 0.2) is 54.1 Å². The van der Waals surface area contributed by atoms with Crippen molar-refractivity contribution in [3.8, 4) is 0 Å². The topological polar surface area (TPSA) is 0 Å². The molecule has 1 unspecified atom stereocenters. The van der Waals surface area contributed by atoms with Crippen molar-refractivity contribution < 1.29 is 60.2 Å². The molecule has 1 aromatic rings. The summed E-state index contributed by atoms with van der Waals surface area (Å²) in [4.78, 5) is 0. The third kappa shape index (κ3) is 6.89. The Bertz CT molecular complexity index is 298. The van der Waals surface area contributed by atoms with E-state index in [1.807, 2.05) is 30.3 Å². The predicted octanol–water partition coefficient (Wildman–Crippen LogP) is -2.10. The zero-order valence-electron chi connectivity index (χ0n) is 9.65. The van der Waals surface area contributed by atoms with Gasteiger partial charge in [-0.15, -0.1) is 18.6 Å². The van der Waals surface area contributed by atoms with E-state index in [1.54, 1.807) is 5.57 Å². The number of fused-ring (bicyclic) bond motifs is 1. The number of hydrogen-bond donors (Lipinski definition) is 0. The Morgan fingerprint density at radius 3 is 2.35 bits per heavy atom. The fraction of sp³-hybridized carbons (Fsp3) is 0.286. The van der Waals surface area contributed by atoms with Gasteiger partial charge in [0, 0.05) is 0 Å². The molecule has 3 heteroatoms. The molecule has 0 aromatic heterocycles. The second kappa shape index (κ2) is 11.6. The van der Waals surface area contributed by atoms with Crippen molar-refractivity contribution in [2.24, 2.45) is 5.92 Å². The molecule has 1 fully saturated rings. The maximum absolute atomic E-state index is 2.37. The summed E-state index contributed by atoms with van der Waals surface area (Å²) in [5.41, 5.74) is 1.58. The Labute approximate surface area is 145 Å². The molecule has 1 aromatic carbocycles. The number of halogens is 2. The third-order valence-electron chi connectivity index (χ3n) is 2.77. The SMILES string of the molecule is C1=CCC2CC[CH-]C2=C1.[Br-].[Br-].[Zr+4].c1cc[cH-]c1. The zero-order valence-corrected chi connectivity index (χ0v) is 15.3. The summed E-state index contributed by atoms with van der Waals surface area (Å²) in [6, 6.07) is 10.0. The largest absolute Gasteiger partial charge is 4.00 e. The first-order valence-corrected chi connectivity index (χ1v) is 5.33. The smallest absolute Gasteiger partial charge is 1.00 e. The van der Waals surface area contributed by atoms with E-state index in [-0.39, 0.29) is 60.2 Å². The normalized spacial score (nSPS) is 18.8. The Hall–Kier alpha value is 0.543. The molecule has 0 heterocycles. The summed E-state index contributed by atoms with van der Waals surface area (Å²) < 4.78 is 0. The Kier molecular flexibility index (Phi) is 13.6. The minimum Gasteiger partial charge on any atom is -1.00 e. The maximum atomic E-state index is 2.37. The standard InChI is InChI=1S/C9H11.C5H5.2BrH.Zr/c1-2-5-9-7-3-6-8(9)4-1;1-2-4-5-3-1;;;/h1-2,4,6,9H,3,5,7H2;1-5H;2*1H;/q2*-1;;;+4/p-2. The van der Waals surface area contributed by atoms with E-state index in [2.05, 4.69) is 24.6 Å². The molecular weight excluding hydrogens is 419 g/mol. The first-order valence-electron chi connectivity index (χ1n) is 5.33. The van der Waals surface area contributed by atoms with Gasteiger partial charge in [0.05, 0.1) is 0 Å². The average Bonchev–Trinajstić information content (AvgIpc) is 2.92. The van der Waals surface area contributed by atoms with E-state index >= 15 is 0 Å². The molecule has 0 N–H and O–H groups in total. The van der Waals surface area contributed by atoms with Gasteiger partial charge in [0.2, 0.25) is 0 Å². The molecular formula is C14H16Br2Zr. The second-order valence-corrected chi connectivity index (χ2v) is 3.77. The van der Waals surface area contributed by atoms with Crippen LogP contribution in [0.1, 0.15) is 19.3 Å². The fourth-order valence-corrected chi connectivity index (χ4v) is 1.99. The summed E-state index contributed by atoms with van der Waals surface area (Å²) in [6.45, 7) is 0. The van der Waals surface area contributed by atoms with Crippen LogP contribution in [0.3, 0.4) is 0 Å². The van der Waals surface area contributed by atoms with Gasteiger partial charge in [0.1, 0.15) is 0 Å². The molecule has 0 amide bonds. The molecule has 0 spiro atoms. The van der Waals surface area contributed by atoms with Crippen molar-refractivity contribution >= 4 is 0 Å². The van der Waals surface area contributed by atoms with E-state index in [9.17, 15) is 0 Å². The van der Waals surface area contributed by atoms with Gasteiger partial charge >= 0.3 is 26.2 Å². The number of hydrogen-bond acceptors (Lipinski definition) is 0. The van der Waals surface area contributed by atoms with Crippen LogP contribution in [-0.4, -0.2) is 0 Å². The zero-order chi connectivity index (χ0) is 9.64. The van der Waals surface area contributed by atoms with Crippen LogP contribution in [0.25, 0.3) is 0 Å². The second-order valence-electron chi connectivity index (χ2n) is 3.77. The minimum atomic E-state index is 0. The van der Waals surface area contributed by atoms with Crippen LogP contribution >= 0.6 is 0 Å². The monoisotopic (exact) mass is 432 g/mol. The summed E-state index contributed by atoms with van der Waals surface area (Å²) in [5.74, 6) is 0.884. The molecule has 1 saturated carbocycles. The molecule has 0 saturated heterocycles. The van der Waals surface area contributed by atoms with Crippen LogP contribution in [0.5, 0.6) is 0 Å². The Morgan fingerprint density at radius 2 is 1.82 bits per heavy atom. The van der Waals surface area contributed by atoms with E-state index in [0.29, 0.717) is 0 Å². The van der Waals surface area contributed by atoms with Crippen molar-refractivity contribution in [1.29, 1.82) is 0 Å². The third-order valence-corrected chi connectivity index (χ3v) is 2.77. The number of rotatable bonds is 0. The summed E-state index contributed by atoms with van der Waals surface area (Å²) >= 11 is 0. The quantitative estimate of drug-likeness (QED) is 0.410. The van der Waals surface area contributed by atoms with Gasteiger partial charge in [-0.25, -0.2) is 30.2 Å². The molecule has 0 nitrogen and oxygen atoms in total. The van der Waals surface area contributed by atoms with Crippen molar-refractivity contribution in [3.63, 3.8) is 0 Å². The molecule has 0 bridgehead atoms. The van der Waals surface area contributed by atoms with Crippen LogP contribution < -0.4 is 34.0 Å². The predicted molar refractivity (Wildman–Crippen MR) is 60.9 cm³/mol. The molecule has 0 aliphatic heterocycles. The van der Waals surface area contributed by atoms with E-state index in [0.717, 1.165) is 5.92 Å². The van der Waals surface area contributed by atoms with Gasteiger partial charge in [-0.3, -0.25) is 0 Å². The van der Waals surface area contributed by atoms with Crippen molar-refractivity contribution in [2.45, 2.75) is 19.3 Å². The van der Waals surface area contributed by atoms with Crippen LogP contribution in [0.4, 0.5) is 0 Å². The maximum Gasteiger partial charge on any atom is 4.00 e. The molecule has 1 atom stereocenters. The molecule has 3 rings (SSSR count). The summed E-state index contributed by atoms with van der Waals surface area (Å²) in [5, 5.41) is 0. The van der Waals surface area contributed by atoms with Gasteiger partial charge in [-0.2, -0.15) is 18.2 Å². The molecule has 90 valence electrons. The Balaban J connectivity index is 0. The van der Waals surface area contributed by atoms with Gasteiger partial charge in [0.25, 0.3) is 0 Å². The molecule has 2 aliphatic carbocycles. The van der Waals surface area contributed by atoms with Crippen molar-refractivity contribution in [1.82, 2.24) is 0 Å². The summed E-state index contributed by atoms with van der Waals surface area (Å²) in [7, 11) is 0. The van der Waals surface area contributed by atoms with Crippen molar-refractivity contribution in [2.75, 3.05) is 0 Å². The van der Waals surface area contributed by atoms with Gasteiger partial charge < -0.3 is 34.0 Å². The summed E-state index contributed by atoms with van der Waals surface area (Å²) in [6.07, 6.45) is 13.0. The first-order chi connectivity index (χ1) is 6.97. The van der Waals surface area contributed by atoms with Crippen LogP contribution in [0.2, 0.25) is 0 Å². The molecule has 17 heavy (non-hydrogen) atoms. The average molecular weight is 435 g/mol. The van der Waals surface area contributed by atoms with Crippen LogP contribution in [-0.2, 0) is 26.2 Å². The van der Waals surface area contributed by atoms with Gasteiger partial charge in [-0.05, 0) is 12.3 Å². The minimum absolute atomic E-state index is 0. The first kappa shape index (κ1) is 19.9. The Morgan fingerprint density at radius 1 is 1.12 bits per heavy atom. The van der Waals surface area contributed by atoms with Gasteiger partial charge in [-0.1, -0.05) is 6.42 Å². The van der Waals surface area contributed by atoms with Gasteiger partial charge in [0.15, 0.2) is 0 Å². The van der Waals surface area contributed by atoms with E-state index in [1.165, 1.54) is 19.3 Å². The molecule has 0 radical (unpaired) electrons. The van der Waals surface area contributed by atoms with Crippen LogP contribution in [0, 0.1) is 12.3 Å². The van der Waals surface area contributed by atoms with E-state index in [4.69, 9.17) is 0 Å². The van der Waals surface area contributed by atoms with E-state index < -0.39 is 0 Å².